The van der Waals surface area contributed by atoms with Gasteiger partial charge in [-0.15, -0.1) is 0 Å². The highest BCUT2D eigenvalue weighted by Crippen LogP contribution is 2.40. The number of benzene rings is 2. The van der Waals surface area contributed by atoms with Crippen LogP contribution in [-0.4, -0.2) is 16.8 Å². The van der Waals surface area contributed by atoms with E-state index >= 15 is 0 Å². The van der Waals surface area contributed by atoms with Crippen molar-refractivity contribution in [1.82, 2.24) is 0 Å². The summed E-state index contributed by atoms with van der Waals surface area (Å²) in [5.74, 6) is 0.449. The lowest BCUT2D eigenvalue weighted by Crippen LogP contribution is -2.09. The van der Waals surface area contributed by atoms with Crippen molar-refractivity contribution in [3.63, 3.8) is 0 Å². The van der Waals surface area contributed by atoms with Gasteiger partial charge in [-0.25, -0.2) is 0 Å². The molecular weight excluding hydrogens is 276 g/mol. The second kappa shape index (κ2) is 6.41. The highest BCUT2D eigenvalue weighted by Gasteiger charge is 2.23. The highest BCUT2D eigenvalue weighted by molar-refractivity contribution is 5.52. The number of aromatic hydroxyl groups is 2. The molecular formula is C19H24O3. The standard InChI is InChI=1S/C19H24O3/c1-6-22-19(15-9-11(2)7-13(4)17(15)20)16-10-12(3)8-14(5)18(16)21/h7-10,19-21H,6H2,1-5H3. The molecule has 3 nitrogen and oxygen atoms in total. The van der Waals surface area contributed by atoms with Crippen LogP contribution in [0.4, 0.5) is 0 Å². The Morgan fingerprint density at radius 2 is 1.23 bits per heavy atom. The predicted octanol–water partition coefficient (Wildman–Crippen LogP) is 4.46. The van der Waals surface area contributed by atoms with E-state index in [1.807, 2.05) is 58.9 Å². The predicted molar refractivity (Wildman–Crippen MR) is 88.6 cm³/mol. The van der Waals surface area contributed by atoms with Crippen molar-refractivity contribution < 1.29 is 14.9 Å². The van der Waals surface area contributed by atoms with Gasteiger partial charge in [-0.2, -0.15) is 0 Å². The third-order valence-electron chi connectivity index (χ3n) is 3.85. The van der Waals surface area contributed by atoms with Crippen LogP contribution in [-0.2, 0) is 4.74 Å². The van der Waals surface area contributed by atoms with Crippen molar-refractivity contribution in [1.29, 1.82) is 0 Å². The molecule has 0 unspecified atom stereocenters. The van der Waals surface area contributed by atoms with Gasteiger partial charge in [-0.1, -0.05) is 23.3 Å². The maximum atomic E-state index is 10.4. The number of ether oxygens (including phenoxy) is 1. The normalized spacial score (nSPS) is 11.2. The molecule has 0 fully saturated rings. The SMILES string of the molecule is CCOC(c1cc(C)cc(C)c1O)c1cc(C)cc(C)c1O. The Kier molecular flexibility index (Phi) is 4.77. The summed E-state index contributed by atoms with van der Waals surface area (Å²) in [6, 6.07) is 7.70. The summed E-state index contributed by atoms with van der Waals surface area (Å²) in [4.78, 5) is 0. The fourth-order valence-electron chi connectivity index (χ4n) is 2.90. The fraction of sp³-hybridized carbons (Fsp3) is 0.368. The van der Waals surface area contributed by atoms with Crippen LogP contribution >= 0.6 is 0 Å². The maximum Gasteiger partial charge on any atom is 0.124 e. The second-order valence-corrected chi connectivity index (χ2v) is 5.87. The average molecular weight is 300 g/mol. The van der Waals surface area contributed by atoms with Crippen LogP contribution in [0.5, 0.6) is 11.5 Å². The zero-order valence-corrected chi connectivity index (χ0v) is 13.9. The first-order valence-electron chi connectivity index (χ1n) is 7.57. The molecule has 0 aliphatic rings. The molecule has 0 bridgehead atoms. The minimum Gasteiger partial charge on any atom is -0.507 e. The molecule has 2 rings (SSSR count). The van der Waals surface area contributed by atoms with Gasteiger partial charge in [0, 0.05) is 17.7 Å². The van der Waals surface area contributed by atoms with Crippen molar-refractivity contribution in [3.05, 3.63) is 57.6 Å². The topological polar surface area (TPSA) is 49.7 Å². The van der Waals surface area contributed by atoms with E-state index in [1.165, 1.54) is 0 Å². The number of phenolic OH excluding ortho intramolecular Hbond substituents is 2. The molecule has 0 atom stereocenters. The van der Waals surface area contributed by atoms with E-state index in [0.717, 1.165) is 22.3 Å². The van der Waals surface area contributed by atoms with E-state index in [0.29, 0.717) is 17.7 Å². The summed E-state index contributed by atoms with van der Waals surface area (Å²) in [6.07, 6.45) is -0.484. The molecule has 0 spiro atoms. The Morgan fingerprint density at radius 1 is 0.818 bits per heavy atom. The van der Waals surface area contributed by atoms with E-state index in [2.05, 4.69) is 0 Å². The van der Waals surface area contributed by atoms with Crippen molar-refractivity contribution in [2.24, 2.45) is 0 Å². The minimum atomic E-state index is -0.484. The zero-order valence-electron chi connectivity index (χ0n) is 13.9. The molecule has 2 N–H and O–H groups in total. The Balaban J connectivity index is 2.66. The van der Waals surface area contributed by atoms with Crippen LogP contribution < -0.4 is 0 Å². The van der Waals surface area contributed by atoms with Gasteiger partial charge in [0.25, 0.3) is 0 Å². The smallest absolute Gasteiger partial charge is 0.124 e. The largest absolute Gasteiger partial charge is 0.507 e. The number of phenols is 2. The number of rotatable bonds is 4. The quantitative estimate of drug-likeness (QED) is 0.876. The number of hydrogen-bond acceptors (Lipinski definition) is 3. The lowest BCUT2D eigenvalue weighted by atomic mass is 9.93. The summed E-state index contributed by atoms with van der Waals surface area (Å²) in [5, 5.41) is 20.9. The van der Waals surface area contributed by atoms with Gasteiger partial charge >= 0.3 is 0 Å². The Hall–Kier alpha value is -2.00. The monoisotopic (exact) mass is 300 g/mol. The van der Waals surface area contributed by atoms with Crippen LogP contribution in [0.25, 0.3) is 0 Å². The molecule has 3 heteroatoms. The maximum absolute atomic E-state index is 10.4. The molecule has 0 radical (unpaired) electrons. The van der Waals surface area contributed by atoms with Crippen LogP contribution in [0.2, 0.25) is 0 Å². The first kappa shape index (κ1) is 16.4. The van der Waals surface area contributed by atoms with Crippen LogP contribution in [0, 0.1) is 27.7 Å². The third-order valence-corrected chi connectivity index (χ3v) is 3.85. The first-order chi connectivity index (χ1) is 10.3. The lowest BCUT2D eigenvalue weighted by Gasteiger charge is -2.22. The van der Waals surface area contributed by atoms with Crippen LogP contribution in [0.1, 0.15) is 46.4 Å². The Labute approximate surface area is 132 Å². The lowest BCUT2D eigenvalue weighted by molar-refractivity contribution is 0.0874. The fourth-order valence-corrected chi connectivity index (χ4v) is 2.90. The molecule has 0 aromatic heterocycles. The molecule has 0 aliphatic heterocycles. The molecule has 0 saturated carbocycles. The van der Waals surface area contributed by atoms with Gasteiger partial charge in [-0.05, 0) is 57.9 Å². The Bertz CT molecular complexity index is 632. The molecule has 2 aromatic carbocycles. The summed E-state index contributed by atoms with van der Waals surface area (Å²) < 4.78 is 5.88. The molecule has 2 aromatic rings. The van der Waals surface area contributed by atoms with Crippen molar-refractivity contribution in [3.8, 4) is 11.5 Å². The average Bonchev–Trinajstić information content (AvgIpc) is 2.44. The highest BCUT2D eigenvalue weighted by atomic mass is 16.5. The van der Waals surface area contributed by atoms with Gasteiger partial charge in [0.15, 0.2) is 0 Å². The molecule has 0 heterocycles. The van der Waals surface area contributed by atoms with Crippen molar-refractivity contribution in [2.45, 2.75) is 40.7 Å². The third kappa shape index (κ3) is 3.09. The van der Waals surface area contributed by atoms with E-state index < -0.39 is 6.10 Å². The van der Waals surface area contributed by atoms with Gasteiger partial charge in [0.1, 0.15) is 17.6 Å². The summed E-state index contributed by atoms with van der Waals surface area (Å²) in [6.45, 7) is 10.1. The van der Waals surface area contributed by atoms with Crippen molar-refractivity contribution >= 4 is 0 Å². The Morgan fingerprint density at radius 3 is 1.59 bits per heavy atom. The van der Waals surface area contributed by atoms with Gasteiger partial charge in [0.2, 0.25) is 0 Å². The van der Waals surface area contributed by atoms with E-state index in [9.17, 15) is 10.2 Å². The zero-order chi connectivity index (χ0) is 16.4. The first-order valence-corrected chi connectivity index (χ1v) is 7.57. The van der Waals surface area contributed by atoms with E-state index in [4.69, 9.17) is 4.74 Å². The van der Waals surface area contributed by atoms with Gasteiger partial charge in [0.05, 0.1) is 0 Å². The second-order valence-electron chi connectivity index (χ2n) is 5.87. The molecule has 0 saturated heterocycles. The molecule has 22 heavy (non-hydrogen) atoms. The minimum absolute atomic E-state index is 0.225. The van der Waals surface area contributed by atoms with E-state index in [1.54, 1.807) is 0 Å². The van der Waals surface area contributed by atoms with Gasteiger partial charge < -0.3 is 14.9 Å². The molecule has 0 amide bonds. The summed E-state index contributed by atoms with van der Waals surface area (Å²) in [5.41, 5.74) is 5.11. The van der Waals surface area contributed by atoms with Crippen LogP contribution in [0.15, 0.2) is 24.3 Å². The summed E-state index contributed by atoms with van der Waals surface area (Å²) >= 11 is 0. The number of aryl methyl sites for hydroxylation is 4. The van der Waals surface area contributed by atoms with Crippen LogP contribution in [0.3, 0.4) is 0 Å². The molecule has 0 aliphatic carbocycles. The van der Waals surface area contributed by atoms with Gasteiger partial charge in [-0.3, -0.25) is 0 Å². The number of hydrogen-bond donors (Lipinski definition) is 2. The summed E-state index contributed by atoms with van der Waals surface area (Å²) in [7, 11) is 0. The van der Waals surface area contributed by atoms with Crippen molar-refractivity contribution in [2.75, 3.05) is 6.61 Å². The molecule has 118 valence electrons. The van der Waals surface area contributed by atoms with E-state index in [-0.39, 0.29) is 11.5 Å².